The van der Waals surface area contributed by atoms with Crippen molar-refractivity contribution >= 4 is 22.5 Å². The summed E-state index contributed by atoms with van der Waals surface area (Å²) < 4.78 is 3.73. The van der Waals surface area contributed by atoms with Crippen molar-refractivity contribution in [3.8, 4) is 0 Å². The summed E-state index contributed by atoms with van der Waals surface area (Å²) in [4.78, 5) is 30.9. The zero-order valence-corrected chi connectivity index (χ0v) is 16.2. The highest BCUT2D eigenvalue weighted by atomic mass is 16.2. The maximum Gasteiger partial charge on any atom is 0.273 e. The number of carbonyl (C=O) groups is 1. The number of fused-ring (bicyclic) bond motifs is 3. The largest absolute Gasteiger partial charge is 0.354 e. The van der Waals surface area contributed by atoms with Crippen LogP contribution >= 0.6 is 0 Å². The van der Waals surface area contributed by atoms with Gasteiger partial charge in [0.2, 0.25) is 5.91 Å². The summed E-state index contributed by atoms with van der Waals surface area (Å²) in [7, 11) is 0. The van der Waals surface area contributed by atoms with Gasteiger partial charge < -0.3 is 10.2 Å². The predicted octanol–water partition coefficient (Wildman–Crippen LogP) is 1.81. The van der Waals surface area contributed by atoms with Gasteiger partial charge in [0.1, 0.15) is 6.54 Å². The smallest absolute Gasteiger partial charge is 0.273 e. The predicted molar refractivity (Wildman–Crippen MR) is 107 cm³/mol. The van der Waals surface area contributed by atoms with Gasteiger partial charge in [0.05, 0.1) is 5.52 Å². The van der Waals surface area contributed by atoms with Crippen LogP contribution in [0.3, 0.4) is 0 Å². The van der Waals surface area contributed by atoms with Gasteiger partial charge in [-0.05, 0) is 45.1 Å². The Balaban J connectivity index is 1.80. The van der Waals surface area contributed by atoms with Crippen molar-refractivity contribution in [2.45, 2.75) is 33.7 Å². The Morgan fingerprint density at radius 3 is 2.70 bits per heavy atom. The summed E-state index contributed by atoms with van der Waals surface area (Å²) in [5.74, 6) is -0.0460. The fourth-order valence-electron chi connectivity index (χ4n) is 3.48. The minimum Gasteiger partial charge on any atom is -0.354 e. The van der Waals surface area contributed by atoms with Crippen LogP contribution in [0.4, 0.5) is 0 Å². The molecule has 0 saturated carbocycles. The highest BCUT2D eigenvalue weighted by molar-refractivity contribution is 5.93. The molecule has 3 rings (SSSR count). The number of nitrogens with one attached hydrogen (secondary N) is 1. The van der Waals surface area contributed by atoms with Crippen LogP contribution in [0.25, 0.3) is 16.6 Å². The first-order chi connectivity index (χ1) is 13.0. The van der Waals surface area contributed by atoms with Crippen LogP contribution in [0.5, 0.6) is 0 Å². The SMILES string of the molecule is CCN(CC)CCCNC(=O)Cn1c2ccccc2c2nc(=O)cc(C)n21. The van der Waals surface area contributed by atoms with E-state index in [0.717, 1.165) is 42.7 Å². The van der Waals surface area contributed by atoms with Gasteiger partial charge >= 0.3 is 0 Å². The molecule has 3 aromatic rings. The van der Waals surface area contributed by atoms with Gasteiger partial charge in [0.15, 0.2) is 5.65 Å². The summed E-state index contributed by atoms with van der Waals surface area (Å²) in [5.41, 5.74) is 1.97. The van der Waals surface area contributed by atoms with Crippen LogP contribution < -0.4 is 10.9 Å². The molecule has 0 aliphatic rings. The third kappa shape index (κ3) is 4.03. The van der Waals surface area contributed by atoms with E-state index in [0.29, 0.717) is 12.2 Å². The van der Waals surface area contributed by atoms with E-state index in [1.54, 1.807) is 0 Å². The Bertz CT molecular complexity index is 1000. The fourth-order valence-corrected chi connectivity index (χ4v) is 3.48. The van der Waals surface area contributed by atoms with Crippen LogP contribution in [0.15, 0.2) is 35.1 Å². The lowest BCUT2D eigenvalue weighted by Gasteiger charge is -2.17. The van der Waals surface area contributed by atoms with E-state index in [-0.39, 0.29) is 18.0 Å². The lowest BCUT2D eigenvalue weighted by Crippen LogP contribution is -2.32. The number of hydrogen-bond acceptors (Lipinski definition) is 4. The van der Waals surface area contributed by atoms with Crippen LogP contribution in [-0.2, 0) is 11.3 Å². The number of carbonyl (C=O) groups excluding carboxylic acids is 1. The number of aryl methyl sites for hydroxylation is 1. The highest BCUT2D eigenvalue weighted by Gasteiger charge is 2.15. The number of para-hydroxylation sites is 1. The van der Waals surface area contributed by atoms with Gasteiger partial charge in [-0.15, -0.1) is 0 Å². The van der Waals surface area contributed by atoms with Crippen molar-refractivity contribution in [3.63, 3.8) is 0 Å². The van der Waals surface area contributed by atoms with E-state index in [1.807, 2.05) is 40.4 Å². The molecule has 0 aliphatic heterocycles. The summed E-state index contributed by atoms with van der Waals surface area (Å²) in [6.07, 6.45) is 0.924. The molecule has 0 atom stereocenters. The molecule has 0 spiro atoms. The van der Waals surface area contributed by atoms with Gasteiger partial charge in [0.25, 0.3) is 5.56 Å². The summed E-state index contributed by atoms with van der Waals surface area (Å²) in [6.45, 7) is 10.0. The average molecular weight is 369 g/mol. The van der Waals surface area contributed by atoms with Gasteiger partial charge in [-0.25, -0.2) is 4.52 Å². The van der Waals surface area contributed by atoms with Crippen LogP contribution in [0.2, 0.25) is 0 Å². The summed E-state index contributed by atoms with van der Waals surface area (Å²) in [5, 5.41) is 3.87. The first kappa shape index (κ1) is 19.1. The second kappa shape index (κ2) is 8.35. The number of aromatic nitrogens is 3. The molecule has 144 valence electrons. The molecule has 2 heterocycles. The number of amides is 1. The van der Waals surface area contributed by atoms with E-state index < -0.39 is 0 Å². The molecule has 27 heavy (non-hydrogen) atoms. The lowest BCUT2D eigenvalue weighted by atomic mass is 10.2. The molecule has 2 aromatic heterocycles. The van der Waals surface area contributed by atoms with Gasteiger partial charge in [-0.3, -0.25) is 14.3 Å². The van der Waals surface area contributed by atoms with Crippen molar-refractivity contribution in [2.75, 3.05) is 26.2 Å². The third-order valence-corrected chi connectivity index (χ3v) is 4.91. The van der Waals surface area contributed by atoms with Gasteiger partial charge in [0, 0.05) is 23.7 Å². The fraction of sp³-hybridized carbons (Fsp3) is 0.450. The third-order valence-electron chi connectivity index (χ3n) is 4.91. The zero-order valence-electron chi connectivity index (χ0n) is 16.2. The van der Waals surface area contributed by atoms with Crippen molar-refractivity contribution in [1.82, 2.24) is 24.4 Å². The van der Waals surface area contributed by atoms with E-state index in [9.17, 15) is 9.59 Å². The maximum absolute atomic E-state index is 12.5. The normalized spacial score (nSPS) is 11.6. The Kier molecular flexibility index (Phi) is 5.91. The molecule has 0 aliphatic carbocycles. The van der Waals surface area contributed by atoms with E-state index in [4.69, 9.17) is 0 Å². The zero-order chi connectivity index (χ0) is 19.4. The average Bonchev–Trinajstić information content (AvgIpc) is 2.96. The summed E-state index contributed by atoms with van der Waals surface area (Å²) in [6, 6.07) is 9.20. The second-order valence-electron chi connectivity index (χ2n) is 6.68. The number of benzene rings is 1. The first-order valence-electron chi connectivity index (χ1n) is 9.52. The van der Waals surface area contributed by atoms with Gasteiger partial charge in [-0.2, -0.15) is 4.98 Å². The molecular formula is C20H27N5O2. The minimum atomic E-state index is -0.267. The standard InChI is InChI=1S/C20H27N5O2/c1-4-23(5-2)12-8-11-21-19(27)14-24-17-10-7-6-9-16(17)20-22-18(26)13-15(3)25(20)24/h6-7,9-10,13H,4-5,8,11-12,14H2,1-3H3,(H,21,27). The van der Waals surface area contributed by atoms with Crippen molar-refractivity contribution < 1.29 is 4.79 Å². The quantitative estimate of drug-likeness (QED) is 0.615. The van der Waals surface area contributed by atoms with Crippen molar-refractivity contribution in [3.05, 3.63) is 46.4 Å². The van der Waals surface area contributed by atoms with Crippen molar-refractivity contribution in [2.24, 2.45) is 0 Å². The molecule has 1 amide bonds. The Hall–Kier alpha value is -2.67. The molecule has 1 N–H and O–H groups in total. The topological polar surface area (TPSA) is 71.6 Å². The Labute approximate surface area is 158 Å². The van der Waals surface area contributed by atoms with Gasteiger partial charge in [-0.1, -0.05) is 26.0 Å². The van der Waals surface area contributed by atoms with E-state index >= 15 is 0 Å². The van der Waals surface area contributed by atoms with Crippen LogP contribution in [0, 0.1) is 6.92 Å². The molecule has 0 saturated heterocycles. The maximum atomic E-state index is 12.5. The molecule has 0 bridgehead atoms. The summed E-state index contributed by atoms with van der Waals surface area (Å²) >= 11 is 0. The number of rotatable bonds is 8. The molecular weight excluding hydrogens is 342 g/mol. The molecule has 7 heteroatoms. The van der Waals surface area contributed by atoms with Crippen LogP contribution in [0.1, 0.15) is 26.0 Å². The van der Waals surface area contributed by atoms with E-state index in [2.05, 4.69) is 29.0 Å². The molecule has 7 nitrogen and oxygen atoms in total. The molecule has 1 aromatic carbocycles. The van der Waals surface area contributed by atoms with E-state index in [1.165, 1.54) is 6.07 Å². The molecule has 0 radical (unpaired) electrons. The highest BCUT2D eigenvalue weighted by Crippen LogP contribution is 2.21. The lowest BCUT2D eigenvalue weighted by molar-refractivity contribution is -0.121. The minimum absolute atomic E-state index is 0.0460. The Morgan fingerprint density at radius 1 is 1.22 bits per heavy atom. The molecule has 0 unspecified atom stereocenters. The number of nitrogens with zero attached hydrogens (tertiary/aromatic N) is 4. The Morgan fingerprint density at radius 2 is 1.96 bits per heavy atom. The first-order valence-corrected chi connectivity index (χ1v) is 9.52. The molecule has 0 fully saturated rings. The van der Waals surface area contributed by atoms with Crippen LogP contribution in [-0.4, -0.2) is 51.2 Å². The number of hydrogen-bond donors (Lipinski definition) is 1. The monoisotopic (exact) mass is 369 g/mol. The van der Waals surface area contributed by atoms with Crippen molar-refractivity contribution in [1.29, 1.82) is 0 Å². The second-order valence-corrected chi connectivity index (χ2v) is 6.68.